The number of thioether (sulfide) groups is 1. The summed E-state index contributed by atoms with van der Waals surface area (Å²) < 4.78 is 25.4. The van der Waals surface area contributed by atoms with E-state index < -0.39 is 9.84 Å². The molecule has 33 heavy (non-hydrogen) atoms. The van der Waals surface area contributed by atoms with Crippen molar-refractivity contribution in [2.45, 2.75) is 44.9 Å². The van der Waals surface area contributed by atoms with Crippen LogP contribution in [0.4, 0.5) is 0 Å². The second-order valence-corrected chi connectivity index (χ2v) is 12.6. The van der Waals surface area contributed by atoms with Gasteiger partial charge in [0, 0.05) is 17.5 Å². The Kier molecular flexibility index (Phi) is 6.97. The fraction of sp³-hybridized carbons (Fsp3) is 0.435. The van der Waals surface area contributed by atoms with Crippen LogP contribution in [0.5, 0.6) is 0 Å². The Labute approximate surface area is 201 Å². The van der Waals surface area contributed by atoms with Crippen LogP contribution in [0, 0.1) is 13.8 Å². The van der Waals surface area contributed by atoms with Crippen molar-refractivity contribution in [1.82, 2.24) is 14.5 Å². The van der Waals surface area contributed by atoms with Gasteiger partial charge >= 0.3 is 0 Å². The van der Waals surface area contributed by atoms with E-state index in [0.717, 1.165) is 16.0 Å². The molecule has 0 unspecified atom stereocenters. The maximum atomic E-state index is 13.5. The van der Waals surface area contributed by atoms with E-state index in [1.54, 1.807) is 9.47 Å². The number of carbonyl (C=O) groups excluding carboxylic acids is 1. The second kappa shape index (κ2) is 9.60. The van der Waals surface area contributed by atoms with Gasteiger partial charge in [-0.25, -0.2) is 13.4 Å². The van der Waals surface area contributed by atoms with Crippen LogP contribution in [-0.2, 0) is 21.2 Å². The van der Waals surface area contributed by atoms with Crippen LogP contribution < -0.4 is 5.56 Å². The molecule has 3 aromatic rings. The van der Waals surface area contributed by atoms with Crippen LogP contribution in [0.3, 0.4) is 0 Å². The number of hydrogen-bond donors (Lipinski definition) is 0. The normalized spacial score (nSPS) is 17.5. The number of sulfone groups is 1. The predicted octanol–water partition coefficient (Wildman–Crippen LogP) is 3.25. The van der Waals surface area contributed by atoms with Crippen LogP contribution in [0.15, 0.2) is 40.3 Å². The van der Waals surface area contributed by atoms with Crippen LogP contribution in [0.2, 0.25) is 0 Å². The number of thiophene rings is 1. The summed E-state index contributed by atoms with van der Waals surface area (Å²) in [5.74, 6) is 0.110. The quantitative estimate of drug-likeness (QED) is 0.362. The minimum Gasteiger partial charge on any atom is -0.338 e. The first-order chi connectivity index (χ1) is 15.7. The number of nitrogens with zero attached hydrogens (tertiary/aromatic N) is 3. The number of aryl methyl sites for hydroxylation is 2. The average molecular weight is 506 g/mol. The van der Waals surface area contributed by atoms with Crippen molar-refractivity contribution < 1.29 is 13.2 Å². The molecule has 0 saturated carbocycles. The lowest BCUT2D eigenvalue weighted by atomic mass is 10.2. The Morgan fingerprint density at radius 3 is 2.64 bits per heavy atom. The number of hydrogen-bond acceptors (Lipinski definition) is 7. The smallest absolute Gasteiger partial charge is 0.263 e. The Hall–Kier alpha value is -2.17. The fourth-order valence-electron chi connectivity index (χ4n) is 4.19. The third kappa shape index (κ3) is 5.02. The first kappa shape index (κ1) is 24.0. The van der Waals surface area contributed by atoms with Crippen molar-refractivity contribution in [3.63, 3.8) is 0 Å². The molecule has 0 spiro atoms. The third-order valence-electron chi connectivity index (χ3n) is 6.07. The summed E-state index contributed by atoms with van der Waals surface area (Å²) in [6, 6.07) is 9.42. The van der Waals surface area contributed by atoms with Gasteiger partial charge in [0.05, 0.1) is 29.2 Å². The molecule has 1 fully saturated rings. The van der Waals surface area contributed by atoms with E-state index in [1.165, 1.54) is 23.1 Å². The number of carbonyl (C=O) groups is 1. The van der Waals surface area contributed by atoms with Gasteiger partial charge in [-0.15, -0.1) is 11.3 Å². The summed E-state index contributed by atoms with van der Waals surface area (Å²) in [7, 11) is -3.08. The molecule has 1 amide bonds. The van der Waals surface area contributed by atoms with E-state index in [4.69, 9.17) is 4.98 Å². The standard InChI is InChI=1S/C23H27N3O4S3/c1-4-25(18-10-11-33(29,30)14-18)19(27)13-31-23-24-21-20(15(2)16(3)32-21)22(28)26(23)12-17-8-6-5-7-9-17/h5-9,18H,4,10-14H2,1-3H3/t18-/m0/s1. The lowest BCUT2D eigenvalue weighted by Crippen LogP contribution is -2.42. The van der Waals surface area contributed by atoms with Crippen LogP contribution in [-0.4, -0.2) is 58.6 Å². The minimum atomic E-state index is -3.08. The third-order valence-corrected chi connectivity index (χ3v) is 9.88. The van der Waals surface area contributed by atoms with Gasteiger partial charge in [0.1, 0.15) is 4.83 Å². The maximum absolute atomic E-state index is 13.5. The largest absolute Gasteiger partial charge is 0.338 e. The van der Waals surface area contributed by atoms with E-state index in [2.05, 4.69) is 0 Å². The lowest BCUT2D eigenvalue weighted by Gasteiger charge is -2.26. The van der Waals surface area contributed by atoms with Gasteiger partial charge in [-0.1, -0.05) is 42.1 Å². The monoisotopic (exact) mass is 505 g/mol. The topological polar surface area (TPSA) is 89.3 Å². The highest BCUT2D eigenvalue weighted by Gasteiger charge is 2.34. The van der Waals surface area contributed by atoms with Crippen LogP contribution in [0.25, 0.3) is 10.2 Å². The summed E-state index contributed by atoms with van der Waals surface area (Å²) in [4.78, 5) is 34.6. The number of amides is 1. The minimum absolute atomic E-state index is 0.0217. The van der Waals surface area contributed by atoms with Gasteiger partial charge in [0.15, 0.2) is 15.0 Å². The van der Waals surface area contributed by atoms with Crippen molar-refractivity contribution >= 4 is 49.1 Å². The highest BCUT2D eigenvalue weighted by Crippen LogP contribution is 2.29. The predicted molar refractivity (Wildman–Crippen MR) is 134 cm³/mol. The van der Waals surface area contributed by atoms with Crippen LogP contribution >= 0.6 is 23.1 Å². The summed E-state index contributed by atoms with van der Waals surface area (Å²) in [6.45, 7) is 6.60. The zero-order valence-electron chi connectivity index (χ0n) is 18.9. The van der Waals surface area contributed by atoms with E-state index in [0.29, 0.717) is 34.9 Å². The van der Waals surface area contributed by atoms with E-state index in [1.807, 2.05) is 51.1 Å². The van der Waals surface area contributed by atoms with Crippen molar-refractivity contribution in [3.05, 3.63) is 56.7 Å². The summed E-state index contributed by atoms with van der Waals surface area (Å²) in [6.07, 6.45) is 0.475. The SMILES string of the molecule is CCN(C(=O)CSc1nc2sc(C)c(C)c2c(=O)n1Cc1ccccc1)[C@H]1CCS(=O)(=O)C1. The molecule has 7 nitrogen and oxygen atoms in total. The van der Waals surface area contributed by atoms with Crippen molar-refractivity contribution in [1.29, 1.82) is 0 Å². The van der Waals surface area contributed by atoms with Crippen LogP contribution in [0.1, 0.15) is 29.3 Å². The Morgan fingerprint density at radius 2 is 2.00 bits per heavy atom. The molecule has 10 heteroatoms. The first-order valence-electron chi connectivity index (χ1n) is 10.9. The molecule has 1 atom stereocenters. The Bertz CT molecular complexity index is 1350. The second-order valence-electron chi connectivity index (χ2n) is 8.26. The number of benzene rings is 1. The molecule has 4 rings (SSSR count). The van der Waals surface area contributed by atoms with Gasteiger partial charge in [0.25, 0.3) is 5.56 Å². The summed E-state index contributed by atoms with van der Waals surface area (Å²) in [5, 5.41) is 1.14. The zero-order chi connectivity index (χ0) is 23.8. The van der Waals surface area contributed by atoms with Gasteiger partial charge < -0.3 is 4.90 Å². The molecule has 1 aromatic carbocycles. The maximum Gasteiger partial charge on any atom is 0.263 e. The number of aromatic nitrogens is 2. The molecule has 0 N–H and O–H groups in total. The summed E-state index contributed by atoms with van der Waals surface area (Å²) in [5.41, 5.74) is 1.82. The van der Waals surface area contributed by atoms with E-state index >= 15 is 0 Å². The van der Waals surface area contributed by atoms with Crippen molar-refractivity contribution in [2.75, 3.05) is 23.8 Å². The van der Waals surface area contributed by atoms with E-state index in [9.17, 15) is 18.0 Å². The molecule has 0 radical (unpaired) electrons. The highest BCUT2D eigenvalue weighted by atomic mass is 32.2. The Morgan fingerprint density at radius 1 is 1.27 bits per heavy atom. The molecule has 1 saturated heterocycles. The van der Waals surface area contributed by atoms with Gasteiger partial charge in [-0.05, 0) is 38.3 Å². The number of rotatable bonds is 7. The summed E-state index contributed by atoms with van der Waals surface area (Å²) >= 11 is 2.73. The van der Waals surface area contributed by atoms with Gasteiger partial charge in [-0.2, -0.15) is 0 Å². The van der Waals surface area contributed by atoms with Gasteiger partial charge in [0.2, 0.25) is 5.91 Å². The molecule has 1 aliphatic heterocycles. The molecule has 176 valence electrons. The average Bonchev–Trinajstić information content (AvgIpc) is 3.28. The number of fused-ring (bicyclic) bond motifs is 1. The Balaban J connectivity index is 1.64. The molecular formula is C23H27N3O4S3. The lowest BCUT2D eigenvalue weighted by molar-refractivity contribution is -0.129. The zero-order valence-corrected chi connectivity index (χ0v) is 21.4. The molecule has 0 aliphatic carbocycles. The van der Waals surface area contributed by atoms with Crippen molar-refractivity contribution in [2.24, 2.45) is 0 Å². The molecule has 1 aliphatic rings. The fourth-order valence-corrected chi connectivity index (χ4v) is 7.88. The van der Waals surface area contributed by atoms with Gasteiger partial charge in [-0.3, -0.25) is 14.2 Å². The highest BCUT2D eigenvalue weighted by molar-refractivity contribution is 7.99. The molecular weight excluding hydrogens is 478 g/mol. The molecule has 3 heterocycles. The van der Waals surface area contributed by atoms with Crippen molar-refractivity contribution in [3.8, 4) is 0 Å². The van der Waals surface area contributed by atoms with E-state index in [-0.39, 0.29) is 34.8 Å². The molecule has 2 aromatic heterocycles. The first-order valence-corrected chi connectivity index (χ1v) is 14.5. The molecule has 0 bridgehead atoms.